The number of aryl methyl sites for hydroxylation is 1. The van der Waals surface area contributed by atoms with Gasteiger partial charge in [0.15, 0.2) is 0 Å². The molecule has 1 aromatic heterocycles. The molecule has 1 fully saturated rings. The normalized spacial score (nSPS) is 15.2. The fourth-order valence-corrected chi connectivity index (χ4v) is 3.27. The van der Waals surface area contributed by atoms with Gasteiger partial charge in [0, 0.05) is 43.7 Å². The number of nitrogens with one attached hydrogen (secondary N) is 1. The molecule has 5 heteroatoms. The van der Waals surface area contributed by atoms with E-state index in [2.05, 4.69) is 10.3 Å². The highest BCUT2D eigenvalue weighted by Gasteiger charge is 2.13. The summed E-state index contributed by atoms with van der Waals surface area (Å²) < 4.78 is 7.84. The van der Waals surface area contributed by atoms with E-state index in [1.807, 2.05) is 42.1 Å². The molecule has 2 aromatic rings. The Kier molecular flexibility index (Phi) is 6.23. The predicted octanol–water partition coefficient (Wildman–Crippen LogP) is 3.56. The summed E-state index contributed by atoms with van der Waals surface area (Å²) in [5.41, 5.74) is 1.68. The first-order valence-corrected chi connectivity index (χ1v) is 9.21. The summed E-state index contributed by atoms with van der Waals surface area (Å²) in [6, 6.07) is 7.56. The molecule has 5 nitrogen and oxygen atoms in total. The molecule has 1 heterocycles. The minimum Gasteiger partial charge on any atom is -0.378 e. The molecule has 0 unspecified atom stereocenters. The smallest absolute Gasteiger partial charge is 0.251 e. The van der Waals surface area contributed by atoms with Crippen LogP contribution in [0.4, 0.5) is 0 Å². The molecule has 1 aliphatic rings. The van der Waals surface area contributed by atoms with E-state index in [4.69, 9.17) is 4.74 Å². The van der Waals surface area contributed by atoms with Crippen LogP contribution < -0.4 is 5.32 Å². The standard InChI is InChI=1S/C20H27N3O2/c1-23-14-13-21-19(23)16-8-10-17(11-9-16)20(24)22-12-5-15-25-18-6-3-2-4-7-18/h8-11,13-14,18H,2-7,12,15H2,1H3,(H,22,24). The first-order chi connectivity index (χ1) is 12.2. The number of benzene rings is 1. The van der Waals surface area contributed by atoms with Crippen molar-refractivity contribution in [1.82, 2.24) is 14.9 Å². The molecular weight excluding hydrogens is 314 g/mol. The van der Waals surface area contributed by atoms with Crippen LogP contribution in [0.1, 0.15) is 48.9 Å². The maximum absolute atomic E-state index is 12.2. The highest BCUT2D eigenvalue weighted by Crippen LogP contribution is 2.20. The Bertz CT molecular complexity index is 673. The molecular formula is C20H27N3O2. The van der Waals surface area contributed by atoms with E-state index in [0.29, 0.717) is 18.2 Å². The molecule has 1 N–H and O–H groups in total. The van der Waals surface area contributed by atoms with E-state index >= 15 is 0 Å². The minimum absolute atomic E-state index is 0.0379. The molecule has 25 heavy (non-hydrogen) atoms. The number of imidazole rings is 1. The number of aromatic nitrogens is 2. The number of carbonyl (C=O) groups is 1. The van der Waals surface area contributed by atoms with Crippen LogP contribution in [0.25, 0.3) is 11.4 Å². The van der Waals surface area contributed by atoms with E-state index < -0.39 is 0 Å². The van der Waals surface area contributed by atoms with Crippen LogP contribution in [0.5, 0.6) is 0 Å². The van der Waals surface area contributed by atoms with Gasteiger partial charge in [-0.15, -0.1) is 0 Å². The highest BCUT2D eigenvalue weighted by molar-refractivity contribution is 5.94. The lowest BCUT2D eigenvalue weighted by atomic mass is 9.98. The molecule has 0 radical (unpaired) electrons. The van der Waals surface area contributed by atoms with Gasteiger partial charge in [0.1, 0.15) is 5.82 Å². The number of hydrogen-bond donors (Lipinski definition) is 1. The number of nitrogens with zero attached hydrogens (tertiary/aromatic N) is 2. The first kappa shape index (κ1) is 17.7. The lowest BCUT2D eigenvalue weighted by Gasteiger charge is -2.21. The number of hydrogen-bond acceptors (Lipinski definition) is 3. The second kappa shape index (κ2) is 8.81. The topological polar surface area (TPSA) is 56.2 Å². The van der Waals surface area contributed by atoms with Gasteiger partial charge in [-0.3, -0.25) is 4.79 Å². The van der Waals surface area contributed by atoms with Gasteiger partial charge in [-0.05, 0) is 31.4 Å². The van der Waals surface area contributed by atoms with Crippen molar-refractivity contribution in [1.29, 1.82) is 0 Å². The van der Waals surface area contributed by atoms with Crippen molar-refractivity contribution < 1.29 is 9.53 Å². The number of rotatable bonds is 7. The number of amides is 1. The van der Waals surface area contributed by atoms with Gasteiger partial charge in [0.25, 0.3) is 5.91 Å². The van der Waals surface area contributed by atoms with E-state index in [9.17, 15) is 4.79 Å². The molecule has 0 spiro atoms. The predicted molar refractivity (Wildman–Crippen MR) is 98.4 cm³/mol. The van der Waals surface area contributed by atoms with Gasteiger partial charge in [0.2, 0.25) is 0 Å². The van der Waals surface area contributed by atoms with Crippen molar-refractivity contribution in [3.8, 4) is 11.4 Å². The molecule has 0 bridgehead atoms. The van der Waals surface area contributed by atoms with Crippen LogP contribution in [0.3, 0.4) is 0 Å². The number of ether oxygens (including phenoxy) is 1. The van der Waals surface area contributed by atoms with Crippen LogP contribution in [0.2, 0.25) is 0 Å². The zero-order valence-electron chi connectivity index (χ0n) is 14.9. The summed E-state index contributed by atoms with van der Waals surface area (Å²) in [5, 5.41) is 2.96. The fourth-order valence-electron chi connectivity index (χ4n) is 3.27. The maximum Gasteiger partial charge on any atom is 0.251 e. The minimum atomic E-state index is -0.0379. The molecule has 134 valence electrons. The number of carbonyl (C=O) groups excluding carboxylic acids is 1. The van der Waals surface area contributed by atoms with Gasteiger partial charge in [-0.1, -0.05) is 31.4 Å². The highest BCUT2D eigenvalue weighted by atomic mass is 16.5. The van der Waals surface area contributed by atoms with E-state index in [1.54, 1.807) is 6.20 Å². The Morgan fingerprint density at radius 2 is 2.00 bits per heavy atom. The molecule has 1 aromatic carbocycles. The van der Waals surface area contributed by atoms with Crippen molar-refractivity contribution in [3.63, 3.8) is 0 Å². The zero-order chi connectivity index (χ0) is 17.5. The first-order valence-electron chi connectivity index (χ1n) is 9.21. The second-order valence-electron chi connectivity index (χ2n) is 6.68. The molecule has 0 saturated heterocycles. The fraction of sp³-hybridized carbons (Fsp3) is 0.500. The third-order valence-electron chi connectivity index (χ3n) is 4.74. The van der Waals surface area contributed by atoms with E-state index in [0.717, 1.165) is 24.4 Å². The third-order valence-corrected chi connectivity index (χ3v) is 4.74. The Labute approximate surface area is 149 Å². The Morgan fingerprint density at radius 3 is 2.68 bits per heavy atom. The largest absolute Gasteiger partial charge is 0.378 e. The molecule has 1 saturated carbocycles. The Balaban J connectivity index is 1.40. The molecule has 1 aliphatic carbocycles. The van der Waals surface area contributed by atoms with Crippen LogP contribution in [0.15, 0.2) is 36.7 Å². The molecule has 0 aliphatic heterocycles. The van der Waals surface area contributed by atoms with Crippen molar-refractivity contribution in [3.05, 3.63) is 42.2 Å². The van der Waals surface area contributed by atoms with Gasteiger partial charge in [-0.25, -0.2) is 4.98 Å². The Morgan fingerprint density at radius 1 is 1.24 bits per heavy atom. The summed E-state index contributed by atoms with van der Waals surface area (Å²) in [7, 11) is 1.96. The summed E-state index contributed by atoms with van der Waals surface area (Å²) in [6.07, 6.45) is 11.3. The lowest BCUT2D eigenvalue weighted by molar-refractivity contribution is 0.0273. The monoisotopic (exact) mass is 341 g/mol. The Hall–Kier alpha value is -2.14. The van der Waals surface area contributed by atoms with Crippen molar-refractivity contribution >= 4 is 5.91 Å². The average Bonchev–Trinajstić information content (AvgIpc) is 3.08. The van der Waals surface area contributed by atoms with Gasteiger partial charge < -0.3 is 14.6 Å². The van der Waals surface area contributed by atoms with Crippen molar-refractivity contribution in [2.24, 2.45) is 7.05 Å². The van der Waals surface area contributed by atoms with Gasteiger partial charge in [0.05, 0.1) is 6.10 Å². The van der Waals surface area contributed by atoms with Crippen LogP contribution in [0, 0.1) is 0 Å². The SMILES string of the molecule is Cn1ccnc1-c1ccc(C(=O)NCCCOC2CCCCC2)cc1. The second-order valence-corrected chi connectivity index (χ2v) is 6.68. The lowest BCUT2D eigenvalue weighted by Crippen LogP contribution is -2.26. The van der Waals surface area contributed by atoms with Gasteiger partial charge >= 0.3 is 0 Å². The molecule has 1 amide bonds. The summed E-state index contributed by atoms with van der Waals surface area (Å²) in [6.45, 7) is 1.37. The quantitative estimate of drug-likeness (QED) is 0.784. The maximum atomic E-state index is 12.2. The van der Waals surface area contributed by atoms with Gasteiger partial charge in [-0.2, -0.15) is 0 Å². The summed E-state index contributed by atoms with van der Waals surface area (Å²) in [5.74, 6) is 0.857. The summed E-state index contributed by atoms with van der Waals surface area (Å²) in [4.78, 5) is 16.5. The van der Waals surface area contributed by atoms with E-state index in [-0.39, 0.29) is 5.91 Å². The van der Waals surface area contributed by atoms with Crippen LogP contribution in [-0.2, 0) is 11.8 Å². The van der Waals surface area contributed by atoms with E-state index in [1.165, 1.54) is 32.1 Å². The molecule has 3 rings (SSSR count). The van der Waals surface area contributed by atoms with Crippen LogP contribution in [-0.4, -0.2) is 34.7 Å². The third kappa shape index (κ3) is 4.92. The zero-order valence-corrected chi connectivity index (χ0v) is 14.9. The van der Waals surface area contributed by atoms with Crippen LogP contribution >= 0.6 is 0 Å². The molecule has 0 atom stereocenters. The average molecular weight is 341 g/mol. The van der Waals surface area contributed by atoms with Crippen molar-refractivity contribution in [2.75, 3.05) is 13.2 Å². The van der Waals surface area contributed by atoms with Crippen molar-refractivity contribution in [2.45, 2.75) is 44.6 Å². The summed E-state index contributed by atoms with van der Waals surface area (Å²) >= 11 is 0.